The van der Waals surface area contributed by atoms with Crippen LogP contribution in [0.25, 0.3) is 0 Å². The van der Waals surface area contributed by atoms with Crippen molar-refractivity contribution in [1.82, 2.24) is 0 Å². The van der Waals surface area contributed by atoms with E-state index in [-0.39, 0.29) is 29.6 Å². The smallest absolute Gasteiger partial charge is 0.308 e. The molecule has 15 heavy (non-hydrogen) atoms. The quantitative estimate of drug-likeness (QED) is 0.701. The molecule has 0 aromatic rings. The molecule has 4 unspecified atom stereocenters. The number of rotatable bonds is 2. The lowest BCUT2D eigenvalue weighted by molar-refractivity contribution is -0.159. The summed E-state index contributed by atoms with van der Waals surface area (Å²) in [6.45, 7) is 0. The van der Waals surface area contributed by atoms with Crippen molar-refractivity contribution in [3.63, 3.8) is 0 Å². The largest absolute Gasteiger partial charge is 0.481 e. The standard InChI is InChI=1S/C11H16O4/c1-15-11(14)9-5-6-2-3-7(9)4-8(6)10(12)13/h6-9H,2-5H2,1H3,(H,12,13). The number of carboxylic acids is 1. The first kappa shape index (κ1) is 10.5. The Hall–Kier alpha value is -1.06. The van der Waals surface area contributed by atoms with Gasteiger partial charge >= 0.3 is 11.9 Å². The summed E-state index contributed by atoms with van der Waals surface area (Å²) in [4.78, 5) is 22.4. The highest BCUT2D eigenvalue weighted by Crippen LogP contribution is 2.48. The van der Waals surface area contributed by atoms with Crippen molar-refractivity contribution in [3.8, 4) is 0 Å². The molecule has 0 radical (unpaired) electrons. The predicted molar refractivity (Wildman–Crippen MR) is 52.1 cm³/mol. The topological polar surface area (TPSA) is 63.6 Å². The Labute approximate surface area is 88.6 Å². The van der Waals surface area contributed by atoms with E-state index in [4.69, 9.17) is 9.84 Å². The highest BCUT2D eigenvalue weighted by atomic mass is 16.5. The molecule has 0 saturated heterocycles. The lowest BCUT2D eigenvalue weighted by Gasteiger charge is -2.44. The van der Waals surface area contributed by atoms with Crippen LogP contribution in [0.3, 0.4) is 0 Å². The van der Waals surface area contributed by atoms with E-state index in [1.165, 1.54) is 7.11 Å². The minimum atomic E-state index is -0.701. The summed E-state index contributed by atoms with van der Waals surface area (Å²) in [5, 5.41) is 9.03. The Morgan fingerprint density at radius 3 is 2.07 bits per heavy atom. The van der Waals surface area contributed by atoms with Gasteiger partial charge in [0.05, 0.1) is 18.9 Å². The van der Waals surface area contributed by atoms with Crippen LogP contribution in [0.4, 0.5) is 0 Å². The molecule has 1 N–H and O–H groups in total. The van der Waals surface area contributed by atoms with Gasteiger partial charge in [-0.15, -0.1) is 0 Å². The second-order valence-electron chi connectivity index (χ2n) is 4.64. The van der Waals surface area contributed by atoms with Crippen LogP contribution in [0.15, 0.2) is 0 Å². The van der Waals surface area contributed by atoms with E-state index >= 15 is 0 Å². The van der Waals surface area contributed by atoms with E-state index in [2.05, 4.69) is 0 Å². The highest BCUT2D eigenvalue weighted by molar-refractivity contribution is 5.75. The maximum Gasteiger partial charge on any atom is 0.308 e. The van der Waals surface area contributed by atoms with Gasteiger partial charge in [-0.25, -0.2) is 0 Å². The lowest BCUT2D eigenvalue weighted by Crippen LogP contribution is -2.44. The van der Waals surface area contributed by atoms with Crippen molar-refractivity contribution in [2.24, 2.45) is 23.7 Å². The van der Waals surface area contributed by atoms with E-state index in [0.717, 1.165) is 12.8 Å². The fourth-order valence-corrected chi connectivity index (χ4v) is 3.17. The van der Waals surface area contributed by atoms with Gasteiger partial charge in [-0.1, -0.05) is 0 Å². The fraction of sp³-hybridized carbons (Fsp3) is 0.818. The van der Waals surface area contributed by atoms with Crippen molar-refractivity contribution >= 4 is 11.9 Å². The molecule has 0 aromatic heterocycles. The predicted octanol–water partition coefficient (Wildman–Crippen LogP) is 1.30. The van der Waals surface area contributed by atoms with Crippen molar-refractivity contribution < 1.29 is 19.4 Å². The zero-order chi connectivity index (χ0) is 11.0. The van der Waals surface area contributed by atoms with Crippen LogP contribution in [0.1, 0.15) is 25.7 Å². The number of methoxy groups -OCH3 is 1. The van der Waals surface area contributed by atoms with Crippen LogP contribution >= 0.6 is 0 Å². The molecule has 3 rings (SSSR count). The molecular weight excluding hydrogens is 196 g/mol. The number of ether oxygens (including phenoxy) is 1. The number of carbonyl (C=O) groups excluding carboxylic acids is 1. The second kappa shape index (κ2) is 3.83. The molecule has 4 nitrogen and oxygen atoms in total. The average molecular weight is 212 g/mol. The summed E-state index contributed by atoms with van der Waals surface area (Å²) < 4.78 is 4.75. The average Bonchev–Trinajstić information content (AvgIpc) is 2.28. The zero-order valence-corrected chi connectivity index (χ0v) is 8.81. The molecule has 84 valence electrons. The van der Waals surface area contributed by atoms with E-state index in [1.54, 1.807) is 0 Å². The van der Waals surface area contributed by atoms with Crippen LogP contribution in [-0.4, -0.2) is 24.2 Å². The summed E-state index contributed by atoms with van der Waals surface area (Å²) >= 11 is 0. The molecule has 3 aliphatic rings. The molecule has 0 spiro atoms. The maximum atomic E-state index is 11.5. The number of carboxylic acid groups (broad SMARTS) is 1. The van der Waals surface area contributed by atoms with Gasteiger partial charge in [0.2, 0.25) is 0 Å². The Kier molecular flexibility index (Phi) is 2.67. The molecule has 2 bridgehead atoms. The summed E-state index contributed by atoms with van der Waals surface area (Å²) in [5.41, 5.74) is 0. The summed E-state index contributed by atoms with van der Waals surface area (Å²) in [5.74, 6) is -0.740. The zero-order valence-electron chi connectivity index (χ0n) is 8.81. The SMILES string of the molecule is COC(=O)C1CC2CCC1CC2C(=O)O. The Morgan fingerprint density at radius 2 is 1.67 bits per heavy atom. The Morgan fingerprint density at radius 1 is 1.13 bits per heavy atom. The molecule has 0 aliphatic heterocycles. The van der Waals surface area contributed by atoms with Crippen molar-refractivity contribution in [1.29, 1.82) is 0 Å². The van der Waals surface area contributed by atoms with E-state index in [1.807, 2.05) is 0 Å². The van der Waals surface area contributed by atoms with Crippen molar-refractivity contribution in [2.45, 2.75) is 25.7 Å². The molecule has 0 aromatic carbocycles. The maximum absolute atomic E-state index is 11.5. The third kappa shape index (κ3) is 1.73. The van der Waals surface area contributed by atoms with Crippen molar-refractivity contribution in [3.05, 3.63) is 0 Å². The van der Waals surface area contributed by atoms with Gasteiger partial charge in [0.25, 0.3) is 0 Å². The molecule has 3 aliphatic carbocycles. The molecule has 4 atom stereocenters. The second-order valence-corrected chi connectivity index (χ2v) is 4.64. The molecular formula is C11H16O4. The summed E-state index contributed by atoms with van der Waals surface area (Å²) in [6, 6.07) is 0. The monoisotopic (exact) mass is 212 g/mol. The molecule has 0 heterocycles. The van der Waals surface area contributed by atoms with Gasteiger partial charge in [-0.2, -0.15) is 0 Å². The summed E-state index contributed by atoms with van der Waals surface area (Å²) in [6.07, 6.45) is 3.29. The number of hydrogen-bond donors (Lipinski definition) is 1. The van der Waals surface area contributed by atoms with Crippen LogP contribution in [0.5, 0.6) is 0 Å². The van der Waals surface area contributed by atoms with Crippen LogP contribution < -0.4 is 0 Å². The number of aliphatic carboxylic acids is 1. The summed E-state index contributed by atoms with van der Waals surface area (Å²) in [7, 11) is 1.40. The van der Waals surface area contributed by atoms with Crippen LogP contribution in [0.2, 0.25) is 0 Å². The number of carbonyl (C=O) groups is 2. The van der Waals surface area contributed by atoms with E-state index in [9.17, 15) is 9.59 Å². The van der Waals surface area contributed by atoms with Crippen LogP contribution in [-0.2, 0) is 14.3 Å². The number of esters is 1. The van der Waals surface area contributed by atoms with Gasteiger partial charge in [0.1, 0.15) is 0 Å². The highest BCUT2D eigenvalue weighted by Gasteiger charge is 2.47. The first-order chi connectivity index (χ1) is 7.13. The molecule has 0 amide bonds. The molecule has 3 saturated carbocycles. The van der Waals surface area contributed by atoms with Gasteiger partial charge in [-0.05, 0) is 37.5 Å². The van der Waals surface area contributed by atoms with Gasteiger partial charge in [0, 0.05) is 0 Å². The minimum Gasteiger partial charge on any atom is -0.481 e. The number of hydrogen-bond acceptors (Lipinski definition) is 3. The van der Waals surface area contributed by atoms with E-state index < -0.39 is 5.97 Å². The lowest BCUT2D eigenvalue weighted by atomic mass is 9.60. The Bertz CT molecular complexity index is 286. The molecule has 4 heteroatoms. The van der Waals surface area contributed by atoms with Gasteiger partial charge in [-0.3, -0.25) is 9.59 Å². The van der Waals surface area contributed by atoms with Crippen molar-refractivity contribution in [2.75, 3.05) is 7.11 Å². The van der Waals surface area contributed by atoms with E-state index in [0.29, 0.717) is 12.8 Å². The first-order valence-corrected chi connectivity index (χ1v) is 5.44. The van der Waals surface area contributed by atoms with Crippen LogP contribution in [0, 0.1) is 23.7 Å². The number of fused-ring (bicyclic) bond motifs is 3. The fourth-order valence-electron chi connectivity index (χ4n) is 3.17. The third-order valence-corrected chi connectivity index (χ3v) is 3.98. The Balaban J connectivity index is 2.09. The normalized spacial score (nSPS) is 38.7. The third-order valence-electron chi connectivity index (χ3n) is 3.98. The van der Waals surface area contributed by atoms with Gasteiger partial charge < -0.3 is 9.84 Å². The first-order valence-electron chi connectivity index (χ1n) is 5.44. The minimum absolute atomic E-state index is 0.0515. The molecule has 3 fully saturated rings. The van der Waals surface area contributed by atoms with Gasteiger partial charge in [0.15, 0.2) is 0 Å².